The van der Waals surface area contributed by atoms with Crippen LogP contribution in [0.1, 0.15) is 19.3 Å². The summed E-state index contributed by atoms with van der Waals surface area (Å²) in [5, 5.41) is 2.91. The minimum atomic E-state index is -2.50. The van der Waals surface area contributed by atoms with E-state index in [9.17, 15) is 22.3 Å². The van der Waals surface area contributed by atoms with Crippen molar-refractivity contribution in [2.75, 3.05) is 18.4 Å². The van der Waals surface area contributed by atoms with Gasteiger partial charge >= 0.3 is 6.03 Å². The Morgan fingerprint density at radius 3 is 2.67 bits per heavy atom. The van der Waals surface area contributed by atoms with E-state index in [0.717, 1.165) is 12.1 Å². The molecule has 1 aromatic heterocycles. The van der Waals surface area contributed by atoms with Gasteiger partial charge in [0.15, 0.2) is 0 Å². The predicted octanol–water partition coefficient (Wildman–Crippen LogP) is 5.53. The highest BCUT2D eigenvalue weighted by atomic mass is 35.5. The maximum atomic E-state index is 14.5. The first-order valence-electron chi connectivity index (χ1n) is 10.2. The van der Waals surface area contributed by atoms with Gasteiger partial charge in [-0.3, -0.25) is 4.21 Å². The zero-order valence-electron chi connectivity index (χ0n) is 17.2. The molecular weight excluding hydrogens is 476 g/mol. The van der Waals surface area contributed by atoms with E-state index in [1.165, 1.54) is 18.3 Å². The first-order chi connectivity index (χ1) is 15.8. The third-order valence-corrected chi connectivity index (χ3v) is 6.11. The maximum absolute atomic E-state index is 14.5. The van der Waals surface area contributed by atoms with E-state index in [4.69, 9.17) is 16.0 Å². The molecule has 0 bridgehead atoms. The monoisotopic (exact) mass is 494 g/mol. The number of furan rings is 1. The van der Waals surface area contributed by atoms with Crippen LogP contribution in [0.4, 0.5) is 19.3 Å². The van der Waals surface area contributed by atoms with Crippen LogP contribution in [-0.2, 0) is 11.3 Å². The number of nitrogens with zero attached hydrogens (tertiary/aromatic N) is 2. The molecule has 3 aromatic rings. The van der Waals surface area contributed by atoms with Crippen molar-refractivity contribution in [3.05, 3.63) is 53.3 Å². The molecule has 1 aliphatic heterocycles. The molecule has 174 valence electrons. The molecule has 0 radical (unpaired) electrons. The van der Waals surface area contributed by atoms with Gasteiger partial charge in [0, 0.05) is 24.9 Å². The highest BCUT2D eigenvalue weighted by Gasteiger charge is 2.25. The number of likely N-dealkylation sites (tertiary alicyclic amines) is 1. The lowest BCUT2D eigenvalue weighted by molar-refractivity contribution is 0.213. The van der Waals surface area contributed by atoms with E-state index in [0.29, 0.717) is 32.4 Å². The number of hydrogen-bond acceptors (Lipinski definition) is 4. The number of nitrogens with one attached hydrogen (secondary N) is 1. The van der Waals surface area contributed by atoms with Crippen molar-refractivity contribution >= 4 is 51.8 Å². The van der Waals surface area contributed by atoms with E-state index in [1.807, 2.05) is 0 Å². The molecule has 33 heavy (non-hydrogen) atoms. The summed E-state index contributed by atoms with van der Waals surface area (Å²) in [5.41, 5.74) is 0.350. The quantitative estimate of drug-likeness (QED) is 0.381. The van der Waals surface area contributed by atoms with Crippen LogP contribution in [0.3, 0.4) is 0 Å². The van der Waals surface area contributed by atoms with Crippen molar-refractivity contribution in [2.45, 2.75) is 19.3 Å². The summed E-state index contributed by atoms with van der Waals surface area (Å²) < 4.78 is 59.2. The number of anilines is 1. The number of carbonyl (C=O) groups excluding carboxylic acids is 1. The van der Waals surface area contributed by atoms with Crippen LogP contribution in [-0.4, -0.2) is 39.0 Å². The Labute approximate surface area is 195 Å². The second-order valence-electron chi connectivity index (χ2n) is 7.61. The number of hydrogen-bond donors (Lipinski definition) is 1. The molecule has 2 unspecified atom stereocenters. The standard InChI is InChI=1S/C22H20ClF2N3O4S/c23-21-20(27-22(29)28-10-3-4-13(9-11-28)12-26-33(30)31)19-14(5-1-8-17(19)32-21)18-15(24)6-2-7-16(18)25/h1-2,5-8,12-13H,3-4,9-11H2,(H,27,29)(H,30,31)/p-1/b26-12+. The summed E-state index contributed by atoms with van der Waals surface area (Å²) in [5.74, 6) is -1.57. The first kappa shape index (κ1) is 23.3. The Morgan fingerprint density at radius 2 is 1.94 bits per heavy atom. The molecule has 4 rings (SSSR count). The summed E-state index contributed by atoms with van der Waals surface area (Å²) >= 11 is 3.75. The highest BCUT2D eigenvalue weighted by Crippen LogP contribution is 2.42. The molecule has 1 N–H and O–H groups in total. The molecule has 1 aliphatic rings. The second kappa shape index (κ2) is 9.98. The largest absolute Gasteiger partial charge is 0.754 e. The number of rotatable bonds is 4. The number of urea groups is 1. The molecule has 2 heterocycles. The van der Waals surface area contributed by atoms with Gasteiger partial charge in [-0.2, -0.15) is 0 Å². The van der Waals surface area contributed by atoms with Crippen molar-refractivity contribution in [2.24, 2.45) is 10.3 Å². The summed E-state index contributed by atoms with van der Waals surface area (Å²) in [7, 11) is 0. The lowest BCUT2D eigenvalue weighted by atomic mass is 10.00. The van der Waals surface area contributed by atoms with Crippen molar-refractivity contribution < 1.29 is 26.8 Å². The molecule has 0 saturated carbocycles. The van der Waals surface area contributed by atoms with Crippen LogP contribution in [0.25, 0.3) is 22.1 Å². The van der Waals surface area contributed by atoms with Gasteiger partial charge in [0.05, 0.1) is 22.2 Å². The van der Waals surface area contributed by atoms with E-state index < -0.39 is 28.9 Å². The normalized spacial score (nSPS) is 17.9. The zero-order valence-corrected chi connectivity index (χ0v) is 18.8. The summed E-state index contributed by atoms with van der Waals surface area (Å²) in [6.07, 6.45) is 3.28. The Kier molecular flexibility index (Phi) is 7.06. The van der Waals surface area contributed by atoms with Crippen LogP contribution in [0.5, 0.6) is 0 Å². The van der Waals surface area contributed by atoms with Crippen LogP contribution >= 0.6 is 11.6 Å². The Balaban J connectivity index is 1.62. The van der Waals surface area contributed by atoms with E-state index in [-0.39, 0.29) is 38.9 Å². The van der Waals surface area contributed by atoms with Gasteiger partial charge < -0.3 is 19.2 Å². The third-order valence-electron chi connectivity index (χ3n) is 5.55. The molecule has 11 heteroatoms. The number of fused-ring (bicyclic) bond motifs is 1. The minimum absolute atomic E-state index is 0.0605. The highest BCUT2D eigenvalue weighted by molar-refractivity contribution is 7.77. The summed E-state index contributed by atoms with van der Waals surface area (Å²) in [6, 6.07) is 7.82. The lowest BCUT2D eigenvalue weighted by Crippen LogP contribution is -2.35. The lowest BCUT2D eigenvalue weighted by Gasteiger charge is -2.21. The van der Waals surface area contributed by atoms with E-state index in [1.54, 1.807) is 17.0 Å². The maximum Gasteiger partial charge on any atom is 0.321 e. The average molecular weight is 495 g/mol. The fraction of sp³-hybridized carbons (Fsp3) is 0.273. The Bertz CT molecular complexity index is 1230. The van der Waals surface area contributed by atoms with Gasteiger partial charge in [-0.05, 0) is 55.0 Å². The smallest absolute Gasteiger partial charge is 0.321 e. The van der Waals surface area contributed by atoms with Crippen LogP contribution in [0, 0.1) is 17.6 Å². The van der Waals surface area contributed by atoms with Gasteiger partial charge in [-0.15, -0.1) is 0 Å². The van der Waals surface area contributed by atoms with Crippen LogP contribution in [0.15, 0.2) is 45.2 Å². The number of halogens is 3. The minimum Gasteiger partial charge on any atom is -0.754 e. The van der Waals surface area contributed by atoms with E-state index >= 15 is 0 Å². The number of amides is 2. The van der Waals surface area contributed by atoms with Crippen LogP contribution in [0.2, 0.25) is 5.22 Å². The summed E-state index contributed by atoms with van der Waals surface area (Å²) in [4.78, 5) is 14.6. The summed E-state index contributed by atoms with van der Waals surface area (Å²) in [6.45, 7) is 0.815. The Morgan fingerprint density at radius 1 is 1.21 bits per heavy atom. The number of benzene rings is 2. The third kappa shape index (κ3) is 5.07. The molecular formula is C22H19ClF2N3O4S-. The average Bonchev–Trinajstić information content (AvgIpc) is 2.94. The van der Waals surface area contributed by atoms with Crippen molar-refractivity contribution in [3.8, 4) is 11.1 Å². The fourth-order valence-electron chi connectivity index (χ4n) is 3.99. The Hall–Kier alpha value is -2.82. The molecule has 1 fully saturated rings. The van der Waals surface area contributed by atoms with Crippen molar-refractivity contribution in [3.63, 3.8) is 0 Å². The SMILES string of the molecule is O=C(Nc1c(Cl)oc2cccc(-c3c(F)cccc3F)c12)N1CCCC(/C=N/S(=O)[O-])CC1. The second-order valence-corrected chi connectivity index (χ2v) is 8.59. The molecule has 2 amide bonds. The van der Waals surface area contributed by atoms with Gasteiger partial charge in [0.25, 0.3) is 0 Å². The van der Waals surface area contributed by atoms with Gasteiger partial charge in [-0.1, -0.05) is 18.2 Å². The first-order valence-corrected chi connectivity index (χ1v) is 11.6. The van der Waals surface area contributed by atoms with Crippen LogP contribution < -0.4 is 5.32 Å². The van der Waals surface area contributed by atoms with Gasteiger partial charge in [0.1, 0.15) is 22.9 Å². The molecule has 2 aromatic carbocycles. The molecule has 0 aliphatic carbocycles. The molecule has 1 saturated heterocycles. The number of carbonyl (C=O) groups is 1. The van der Waals surface area contributed by atoms with Crippen molar-refractivity contribution in [1.82, 2.24) is 4.90 Å². The van der Waals surface area contributed by atoms with E-state index in [2.05, 4.69) is 9.71 Å². The molecule has 2 atom stereocenters. The topological polar surface area (TPSA) is 98.0 Å². The zero-order chi connectivity index (χ0) is 23.5. The van der Waals surface area contributed by atoms with Crippen molar-refractivity contribution in [1.29, 1.82) is 0 Å². The fourth-order valence-corrected chi connectivity index (χ4v) is 4.49. The predicted molar refractivity (Wildman–Crippen MR) is 122 cm³/mol. The van der Waals surface area contributed by atoms with Gasteiger partial charge in [-0.25, -0.2) is 18.0 Å². The molecule has 7 nitrogen and oxygen atoms in total. The van der Waals surface area contributed by atoms with Gasteiger partial charge in [0.2, 0.25) is 5.22 Å². The molecule has 0 spiro atoms.